The van der Waals surface area contributed by atoms with E-state index in [1.165, 1.54) is 25.5 Å². The third-order valence-corrected chi connectivity index (χ3v) is 9.25. The molecule has 2 bridgehead atoms. The van der Waals surface area contributed by atoms with Gasteiger partial charge in [0, 0.05) is 43.7 Å². The molecule has 7 nitrogen and oxygen atoms in total. The number of fused-ring (bicyclic) bond motifs is 2. The van der Waals surface area contributed by atoms with E-state index in [9.17, 15) is 13.2 Å². The van der Waals surface area contributed by atoms with Gasteiger partial charge >= 0.3 is 6.09 Å². The molecule has 1 aliphatic heterocycles. The van der Waals surface area contributed by atoms with E-state index < -0.39 is 9.84 Å². The second kappa shape index (κ2) is 9.90. The first-order valence-electron chi connectivity index (χ1n) is 12.7. The molecule has 35 heavy (non-hydrogen) atoms. The van der Waals surface area contributed by atoms with Crippen LogP contribution in [-0.4, -0.2) is 67.8 Å². The minimum Gasteiger partial charge on any atom is -0.446 e. The number of aromatic nitrogens is 1. The minimum absolute atomic E-state index is 0.120. The number of sulfone groups is 1. The molecular formula is C27H35N3O4S. The predicted molar refractivity (Wildman–Crippen MR) is 135 cm³/mol. The van der Waals surface area contributed by atoms with E-state index in [1.807, 2.05) is 35.4 Å². The Morgan fingerprint density at radius 3 is 2.31 bits per heavy atom. The summed E-state index contributed by atoms with van der Waals surface area (Å²) in [6, 6.07) is 11.4. The molecule has 1 saturated heterocycles. The number of piperidine rings is 1. The van der Waals surface area contributed by atoms with Crippen LogP contribution in [0.15, 0.2) is 47.5 Å². The van der Waals surface area contributed by atoms with Crippen molar-refractivity contribution >= 4 is 15.9 Å². The molecule has 1 aromatic heterocycles. The molecule has 2 heterocycles. The lowest BCUT2D eigenvalue weighted by atomic mass is 9.98. The number of benzene rings is 1. The number of pyridine rings is 1. The number of ether oxygens (including phenoxy) is 1. The molecule has 3 atom stereocenters. The molecule has 0 N–H and O–H groups in total. The molecule has 8 heteroatoms. The number of rotatable bonds is 6. The van der Waals surface area contributed by atoms with E-state index in [1.54, 1.807) is 12.1 Å². The fourth-order valence-corrected chi connectivity index (χ4v) is 6.62. The lowest BCUT2D eigenvalue weighted by molar-refractivity contribution is 0.0264. The number of carbonyl (C=O) groups excluding carboxylic acids is 1. The molecule has 1 aromatic carbocycles. The van der Waals surface area contributed by atoms with Gasteiger partial charge in [0.15, 0.2) is 9.84 Å². The van der Waals surface area contributed by atoms with Crippen LogP contribution in [0.1, 0.15) is 44.2 Å². The largest absolute Gasteiger partial charge is 0.446 e. The molecule has 2 aromatic rings. The normalized spacial score (nSPS) is 24.8. The summed E-state index contributed by atoms with van der Waals surface area (Å²) in [6.45, 7) is 2.22. The van der Waals surface area contributed by atoms with Crippen molar-refractivity contribution in [2.45, 2.75) is 62.1 Å². The average Bonchev–Trinajstić information content (AvgIpc) is 3.48. The monoisotopic (exact) mass is 497 g/mol. The number of hydrogen-bond acceptors (Lipinski definition) is 6. The van der Waals surface area contributed by atoms with Gasteiger partial charge in [-0.25, -0.2) is 13.2 Å². The molecular weight excluding hydrogens is 462 g/mol. The SMILES string of the molecule is CN(Cc1ccc(-c2ccc(S(C)(=O)=O)cc2)cn1)C1CCN(C(=O)O[C@@H]2C[C@H]3CC[C@@H]2C3)CC1. The van der Waals surface area contributed by atoms with Gasteiger partial charge in [-0.3, -0.25) is 9.88 Å². The Morgan fingerprint density at radius 1 is 1.03 bits per heavy atom. The summed E-state index contributed by atoms with van der Waals surface area (Å²) in [6.07, 6.45) is 9.80. The van der Waals surface area contributed by atoms with Gasteiger partial charge < -0.3 is 9.64 Å². The predicted octanol–water partition coefficient (Wildman–Crippen LogP) is 4.37. The molecule has 2 saturated carbocycles. The fraction of sp³-hybridized carbons (Fsp3) is 0.556. The lowest BCUT2D eigenvalue weighted by Crippen LogP contribution is -2.46. The van der Waals surface area contributed by atoms with Crippen molar-refractivity contribution in [3.05, 3.63) is 48.3 Å². The summed E-state index contributed by atoms with van der Waals surface area (Å²) < 4.78 is 29.2. The molecule has 3 aliphatic rings. The van der Waals surface area contributed by atoms with Crippen LogP contribution in [0.2, 0.25) is 0 Å². The maximum atomic E-state index is 12.7. The van der Waals surface area contributed by atoms with Gasteiger partial charge in [0.05, 0.1) is 10.6 Å². The van der Waals surface area contributed by atoms with Crippen molar-refractivity contribution in [2.24, 2.45) is 11.8 Å². The van der Waals surface area contributed by atoms with Crippen molar-refractivity contribution < 1.29 is 17.9 Å². The Kier molecular flexibility index (Phi) is 6.86. The minimum atomic E-state index is -3.20. The van der Waals surface area contributed by atoms with E-state index in [4.69, 9.17) is 4.74 Å². The Hall–Kier alpha value is -2.45. The Labute approximate surface area is 208 Å². The Bertz CT molecular complexity index is 1140. The average molecular weight is 498 g/mol. The van der Waals surface area contributed by atoms with Crippen LogP contribution in [-0.2, 0) is 21.1 Å². The second-order valence-corrected chi connectivity index (χ2v) is 12.6. The van der Waals surface area contributed by atoms with Crippen LogP contribution in [0.5, 0.6) is 0 Å². The van der Waals surface area contributed by atoms with Gasteiger partial charge in [-0.05, 0) is 81.2 Å². The molecule has 0 spiro atoms. The summed E-state index contributed by atoms with van der Waals surface area (Å²) >= 11 is 0. The third-order valence-electron chi connectivity index (χ3n) is 8.12. The number of likely N-dealkylation sites (tertiary alicyclic amines) is 1. The molecule has 2 aliphatic carbocycles. The Balaban J connectivity index is 1.10. The smallest absolute Gasteiger partial charge is 0.410 e. The van der Waals surface area contributed by atoms with Crippen LogP contribution < -0.4 is 0 Å². The van der Waals surface area contributed by atoms with E-state index in [-0.39, 0.29) is 12.2 Å². The van der Waals surface area contributed by atoms with Gasteiger partial charge in [-0.2, -0.15) is 0 Å². The summed E-state index contributed by atoms with van der Waals surface area (Å²) in [5.41, 5.74) is 2.88. The highest BCUT2D eigenvalue weighted by Gasteiger charge is 2.42. The van der Waals surface area contributed by atoms with Gasteiger partial charge in [-0.15, -0.1) is 0 Å². The summed E-state index contributed by atoms with van der Waals surface area (Å²) in [5, 5.41) is 0. The standard InChI is InChI=1S/C27H35N3O4S/c1-29(18-23-8-5-22(17-28-23)20-6-9-25(10-7-20)35(2,32)33)24-11-13-30(14-12-24)27(31)34-26-16-19-3-4-21(26)15-19/h5-10,17,19,21,24,26H,3-4,11-16,18H2,1-2H3/t19-,21+,26+/m0/s1. The lowest BCUT2D eigenvalue weighted by Gasteiger charge is -2.37. The summed E-state index contributed by atoms with van der Waals surface area (Å²) in [5.74, 6) is 1.37. The van der Waals surface area contributed by atoms with Gasteiger partial charge in [0.1, 0.15) is 6.10 Å². The van der Waals surface area contributed by atoms with Gasteiger partial charge in [0.25, 0.3) is 0 Å². The van der Waals surface area contributed by atoms with Crippen LogP contribution in [0.25, 0.3) is 11.1 Å². The zero-order valence-corrected chi connectivity index (χ0v) is 21.4. The zero-order chi connectivity index (χ0) is 24.6. The molecule has 3 fully saturated rings. The quantitative estimate of drug-likeness (QED) is 0.590. The van der Waals surface area contributed by atoms with Crippen LogP contribution in [0.4, 0.5) is 4.79 Å². The number of carbonyl (C=O) groups is 1. The molecule has 0 unspecified atom stereocenters. The maximum Gasteiger partial charge on any atom is 0.410 e. The zero-order valence-electron chi connectivity index (χ0n) is 20.6. The van der Waals surface area contributed by atoms with Gasteiger partial charge in [-0.1, -0.05) is 18.2 Å². The van der Waals surface area contributed by atoms with E-state index in [2.05, 4.69) is 16.9 Å². The molecule has 1 amide bonds. The third kappa shape index (κ3) is 5.54. The van der Waals surface area contributed by atoms with Crippen molar-refractivity contribution in [3.63, 3.8) is 0 Å². The van der Waals surface area contributed by atoms with Crippen molar-refractivity contribution in [1.29, 1.82) is 0 Å². The number of hydrogen-bond donors (Lipinski definition) is 0. The maximum absolute atomic E-state index is 12.7. The van der Waals surface area contributed by atoms with E-state index in [0.29, 0.717) is 16.9 Å². The molecule has 188 valence electrons. The fourth-order valence-electron chi connectivity index (χ4n) is 5.99. The van der Waals surface area contributed by atoms with Crippen molar-refractivity contribution in [3.8, 4) is 11.1 Å². The van der Waals surface area contributed by atoms with Crippen molar-refractivity contribution in [2.75, 3.05) is 26.4 Å². The topological polar surface area (TPSA) is 79.8 Å². The first-order chi connectivity index (χ1) is 16.8. The first kappa shape index (κ1) is 24.3. The Morgan fingerprint density at radius 2 is 1.74 bits per heavy atom. The summed E-state index contributed by atoms with van der Waals surface area (Å²) in [4.78, 5) is 21.8. The number of nitrogens with zero attached hydrogens (tertiary/aromatic N) is 3. The highest BCUT2D eigenvalue weighted by molar-refractivity contribution is 7.90. The van der Waals surface area contributed by atoms with Crippen LogP contribution in [0.3, 0.4) is 0 Å². The first-order valence-corrected chi connectivity index (χ1v) is 14.6. The van der Waals surface area contributed by atoms with E-state index in [0.717, 1.165) is 61.6 Å². The van der Waals surface area contributed by atoms with Crippen molar-refractivity contribution in [1.82, 2.24) is 14.8 Å². The second-order valence-electron chi connectivity index (χ2n) is 10.6. The molecule has 5 rings (SSSR count). The highest BCUT2D eigenvalue weighted by Crippen LogP contribution is 2.46. The van der Waals surface area contributed by atoms with Gasteiger partial charge in [0.2, 0.25) is 0 Å². The number of amides is 1. The summed E-state index contributed by atoms with van der Waals surface area (Å²) in [7, 11) is -1.08. The van der Waals surface area contributed by atoms with Crippen LogP contribution >= 0.6 is 0 Å². The van der Waals surface area contributed by atoms with E-state index >= 15 is 0 Å². The highest BCUT2D eigenvalue weighted by atomic mass is 32.2. The van der Waals surface area contributed by atoms with Crippen LogP contribution in [0, 0.1) is 11.8 Å². The molecule has 0 radical (unpaired) electrons.